The topological polar surface area (TPSA) is 69.2 Å². The average Bonchev–Trinajstić information content (AvgIpc) is 2.27. The Labute approximate surface area is 90.2 Å². The number of ether oxygens (including phenoxy) is 1. The van der Waals surface area contributed by atoms with Gasteiger partial charge < -0.3 is 4.74 Å². The third-order valence-corrected chi connectivity index (χ3v) is 3.02. The van der Waals surface area contributed by atoms with Crippen LogP contribution in [-0.2, 0) is 16.0 Å². The van der Waals surface area contributed by atoms with Gasteiger partial charge in [-0.3, -0.25) is 4.79 Å². The minimum atomic E-state index is -0.534. The van der Waals surface area contributed by atoms with Crippen LogP contribution < -0.4 is 0 Å². The minimum Gasteiger partial charge on any atom is -0.464 e. The summed E-state index contributed by atoms with van der Waals surface area (Å²) in [4.78, 5) is 30.5. The van der Waals surface area contributed by atoms with Crippen molar-refractivity contribution in [2.24, 2.45) is 0 Å². The molecule has 0 bridgehead atoms. The van der Waals surface area contributed by atoms with Crippen LogP contribution in [0.4, 0.5) is 0 Å². The van der Waals surface area contributed by atoms with Crippen LogP contribution in [0.3, 0.4) is 0 Å². The Morgan fingerprint density at radius 2 is 2.40 bits per heavy atom. The van der Waals surface area contributed by atoms with E-state index in [-0.39, 0.29) is 17.9 Å². The van der Waals surface area contributed by atoms with Crippen molar-refractivity contribution in [3.8, 4) is 0 Å². The molecule has 2 heterocycles. The number of hydrogen-bond donors (Lipinski definition) is 0. The number of ketones is 1. The summed E-state index contributed by atoms with van der Waals surface area (Å²) in [6.45, 7) is 0. The van der Waals surface area contributed by atoms with Crippen LogP contribution in [0.5, 0.6) is 0 Å². The number of hydrogen-bond acceptors (Lipinski definition) is 6. The molecule has 0 aromatic carbocycles. The summed E-state index contributed by atoms with van der Waals surface area (Å²) in [6.07, 6.45) is 1.62. The Morgan fingerprint density at radius 1 is 1.60 bits per heavy atom. The van der Waals surface area contributed by atoms with Crippen molar-refractivity contribution in [2.45, 2.75) is 11.4 Å². The molecular weight excluding hydrogens is 216 g/mol. The second-order valence-electron chi connectivity index (χ2n) is 3.00. The van der Waals surface area contributed by atoms with Gasteiger partial charge in [-0.25, -0.2) is 14.8 Å². The third kappa shape index (κ3) is 1.99. The summed E-state index contributed by atoms with van der Waals surface area (Å²) in [5, 5.41) is 0.724. The van der Waals surface area contributed by atoms with E-state index in [0.717, 1.165) is 5.03 Å². The second kappa shape index (κ2) is 3.98. The van der Waals surface area contributed by atoms with E-state index in [1.54, 1.807) is 0 Å². The molecule has 0 spiro atoms. The van der Waals surface area contributed by atoms with E-state index < -0.39 is 5.97 Å². The highest BCUT2D eigenvalue weighted by Crippen LogP contribution is 2.24. The Morgan fingerprint density at radius 3 is 3.13 bits per heavy atom. The number of carbonyl (C=O) groups is 2. The monoisotopic (exact) mass is 224 g/mol. The minimum absolute atomic E-state index is 0.101. The first-order valence-electron chi connectivity index (χ1n) is 4.29. The summed E-state index contributed by atoms with van der Waals surface area (Å²) < 4.78 is 4.52. The first-order chi connectivity index (χ1) is 7.20. The van der Waals surface area contributed by atoms with E-state index in [1.807, 2.05) is 0 Å². The molecule has 1 aliphatic heterocycles. The van der Waals surface area contributed by atoms with Gasteiger partial charge in [0, 0.05) is 0 Å². The van der Waals surface area contributed by atoms with Gasteiger partial charge in [-0.15, -0.1) is 0 Å². The van der Waals surface area contributed by atoms with E-state index in [2.05, 4.69) is 14.7 Å². The standard InChI is InChI=1S/C9H8N2O3S/c1-14-9(13)7-3-10-8-6(11-7)2-5(12)4-15-8/h3H,2,4H2,1H3. The summed E-state index contributed by atoms with van der Waals surface area (Å²) in [7, 11) is 1.28. The van der Waals surface area contributed by atoms with Gasteiger partial charge in [-0.05, 0) is 0 Å². The lowest BCUT2D eigenvalue weighted by Gasteiger charge is -2.12. The lowest BCUT2D eigenvalue weighted by molar-refractivity contribution is -0.116. The third-order valence-electron chi connectivity index (χ3n) is 1.94. The van der Waals surface area contributed by atoms with Gasteiger partial charge in [0.25, 0.3) is 0 Å². The molecule has 0 amide bonds. The molecule has 6 heteroatoms. The molecule has 0 unspecified atom stereocenters. The number of Topliss-reactive ketones (excluding diaryl/α,β-unsaturated/α-hetero) is 1. The van der Waals surface area contributed by atoms with E-state index in [1.165, 1.54) is 25.1 Å². The molecule has 0 radical (unpaired) electrons. The maximum atomic E-state index is 11.2. The SMILES string of the molecule is COC(=O)c1cnc2c(n1)CC(=O)CS2. The van der Waals surface area contributed by atoms with Gasteiger partial charge in [0.05, 0.1) is 31.2 Å². The Kier molecular flexibility index (Phi) is 2.68. The zero-order chi connectivity index (χ0) is 10.8. The zero-order valence-electron chi connectivity index (χ0n) is 8.02. The predicted octanol–water partition coefficient (Wildman–Crippen LogP) is 0.480. The van der Waals surface area contributed by atoms with Gasteiger partial charge in [0.15, 0.2) is 5.69 Å². The normalized spacial score (nSPS) is 14.6. The summed E-state index contributed by atoms with van der Waals surface area (Å²) in [5.74, 6) is -0.00339. The summed E-state index contributed by atoms with van der Waals surface area (Å²) in [6, 6.07) is 0. The highest BCUT2D eigenvalue weighted by atomic mass is 32.2. The maximum Gasteiger partial charge on any atom is 0.358 e. The number of nitrogens with zero attached hydrogens (tertiary/aromatic N) is 2. The molecule has 2 rings (SSSR count). The van der Waals surface area contributed by atoms with Gasteiger partial charge in [0.2, 0.25) is 0 Å². The van der Waals surface area contributed by atoms with E-state index >= 15 is 0 Å². The number of aromatic nitrogens is 2. The van der Waals surface area contributed by atoms with Crippen molar-refractivity contribution in [1.82, 2.24) is 9.97 Å². The van der Waals surface area contributed by atoms with Crippen molar-refractivity contribution in [3.63, 3.8) is 0 Å². The second-order valence-corrected chi connectivity index (χ2v) is 3.97. The fourth-order valence-electron chi connectivity index (χ4n) is 1.24. The molecular formula is C9H8N2O3S. The van der Waals surface area contributed by atoms with Crippen molar-refractivity contribution in [1.29, 1.82) is 0 Å². The van der Waals surface area contributed by atoms with Gasteiger partial charge >= 0.3 is 5.97 Å². The van der Waals surface area contributed by atoms with Gasteiger partial charge in [0.1, 0.15) is 10.8 Å². The molecule has 0 fully saturated rings. The van der Waals surface area contributed by atoms with Crippen LogP contribution in [0.25, 0.3) is 0 Å². The lowest BCUT2D eigenvalue weighted by atomic mass is 10.2. The number of rotatable bonds is 1. The smallest absolute Gasteiger partial charge is 0.358 e. The van der Waals surface area contributed by atoms with Crippen molar-refractivity contribution in [2.75, 3.05) is 12.9 Å². The summed E-state index contributed by atoms with van der Waals surface area (Å²) >= 11 is 1.35. The fraction of sp³-hybridized carbons (Fsp3) is 0.333. The zero-order valence-corrected chi connectivity index (χ0v) is 8.84. The molecule has 78 valence electrons. The summed E-state index contributed by atoms with van der Waals surface area (Å²) in [5.41, 5.74) is 0.714. The van der Waals surface area contributed by atoms with Crippen molar-refractivity contribution < 1.29 is 14.3 Å². The highest BCUT2D eigenvalue weighted by molar-refractivity contribution is 8.00. The van der Waals surface area contributed by atoms with Crippen LogP contribution in [0, 0.1) is 0 Å². The predicted molar refractivity (Wildman–Crippen MR) is 52.8 cm³/mol. The average molecular weight is 224 g/mol. The number of esters is 1. The molecule has 0 atom stereocenters. The van der Waals surface area contributed by atoms with Crippen LogP contribution >= 0.6 is 11.8 Å². The molecule has 15 heavy (non-hydrogen) atoms. The number of thioether (sulfide) groups is 1. The van der Waals surface area contributed by atoms with Gasteiger partial charge in [-0.2, -0.15) is 0 Å². The molecule has 0 saturated carbocycles. The van der Waals surface area contributed by atoms with Crippen LogP contribution in [0.2, 0.25) is 0 Å². The van der Waals surface area contributed by atoms with Crippen LogP contribution in [0.15, 0.2) is 11.2 Å². The van der Waals surface area contributed by atoms with Crippen LogP contribution in [0.1, 0.15) is 16.2 Å². The fourth-order valence-corrected chi connectivity index (χ4v) is 2.05. The Hall–Kier alpha value is -1.43. The quantitative estimate of drug-likeness (QED) is 0.646. The largest absolute Gasteiger partial charge is 0.464 e. The molecule has 1 aromatic heterocycles. The molecule has 5 nitrogen and oxygen atoms in total. The van der Waals surface area contributed by atoms with Crippen molar-refractivity contribution in [3.05, 3.63) is 17.6 Å². The molecule has 0 aliphatic carbocycles. The van der Waals surface area contributed by atoms with Crippen LogP contribution in [-0.4, -0.2) is 34.6 Å². The number of fused-ring (bicyclic) bond motifs is 1. The van der Waals surface area contributed by atoms with Crippen molar-refractivity contribution >= 4 is 23.5 Å². The first-order valence-corrected chi connectivity index (χ1v) is 5.28. The number of methoxy groups -OCH3 is 1. The Balaban J connectivity index is 2.36. The number of carbonyl (C=O) groups excluding carboxylic acids is 2. The Bertz CT molecular complexity index is 433. The lowest BCUT2D eigenvalue weighted by Crippen LogP contribution is -2.17. The van der Waals surface area contributed by atoms with E-state index in [9.17, 15) is 9.59 Å². The molecule has 1 aromatic rings. The molecule has 1 aliphatic rings. The van der Waals surface area contributed by atoms with E-state index in [0.29, 0.717) is 11.4 Å². The highest BCUT2D eigenvalue weighted by Gasteiger charge is 2.20. The molecule has 0 N–H and O–H groups in total. The van der Waals surface area contributed by atoms with E-state index in [4.69, 9.17) is 0 Å². The van der Waals surface area contributed by atoms with Gasteiger partial charge in [-0.1, -0.05) is 11.8 Å². The molecule has 0 saturated heterocycles. The maximum absolute atomic E-state index is 11.2. The first kappa shape index (κ1) is 10.1.